The number of carbonyl (C=O) groups is 1. The lowest BCUT2D eigenvalue weighted by Crippen LogP contribution is -2.16. The molecule has 2 aromatic carbocycles. The van der Waals surface area contributed by atoms with Gasteiger partial charge in [-0.3, -0.25) is 4.79 Å². The minimum absolute atomic E-state index is 0.0741. The van der Waals surface area contributed by atoms with Crippen molar-refractivity contribution in [3.8, 4) is 28.5 Å². The molecule has 0 saturated carbocycles. The number of nitriles is 1. The van der Waals surface area contributed by atoms with Crippen molar-refractivity contribution in [2.45, 2.75) is 18.9 Å². The van der Waals surface area contributed by atoms with Crippen molar-refractivity contribution in [2.24, 2.45) is 0 Å². The number of aryl methyl sites for hydroxylation is 2. The van der Waals surface area contributed by atoms with Crippen molar-refractivity contribution in [3.05, 3.63) is 89.5 Å². The highest BCUT2D eigenvalue weighted by Gasteiger charge is 2.18. The maximum absolute atomic E-state index is 13.4. The molecule has 0 atom stereocenters. The summed E-state index contributed by atoms with van der Waals surface area (Å²) in [5, 5.41) is 14.6. The highest BCUT2D eigenvalue weighted by atomic mass is 32.2. The molecule has 4 rings (SSSR count). The van der Waals surface area contributed by atoms with Gasteiger partial charge in [-0.2, -0.15) is 10.4 Å². The topological polar surface area (TPSA) is 71.6 Å². The summed E-state index contributed by atoms with van der Waals surface area (Å²) < 4.78 is 14.8. The van der Waals surface area contributed by atoms with E-state index in [2.05, 4.69) is 16.2 Å². The van der Waals surface area contributed by atoms with Crippen molar-refractivity contribution in [1.82, 2.24) is 14.8 Å². The normalized spacial score (nSPS) is 10.7. The van der Waals surface area contributed by atoms with Gasteiger partial charge in [0.15, 0.2) is 0 Å². The fourth-order valence-corrected chi connectivity index (χ4v) is 4.27. The van der Waals surface area contributed by atoms with Gasteiger partial charge < -0.3 is 0 Å². The van der Waals surface area contributed by atoms with Crippen LogP contribution in [0.5, 0.6) is 0 Å². The van der Waals surface area contributed by atoms with Crippen LogP contribution in [0.25, 0.3) is 22.4 Å². The fraction of sp³-hybridized carbons (Fsp3) is 0.120. The molecule has 32 heavy (non-hydrogen) atoms. The van der Waals surface area contributed by atoms with Crippen molar-refractivity contribution in [3.63, 3.8) is 0 Å². The van der Waals surface area contributed by atoms with Crippen LogP contribution in [0.1, 0.15) is 21.7 Å². The molecule has 0 unspecified atom stereocenters. The fourth-order valence-electron chi connectivity index (χ4n) is 3.42. The van der Waals surface area contributed by atoms with Crippen LogP contribution in [0.3, 0.4) is 0 Å². The average molecular weight is 443 g/mol. The third-order valence-corrected chi connectivity index (χ3v) is 5.86. The van der Waals surface area contributed by atoms with E-state index in [1.807, 2.05) is 56.3 Å². The van der Waals surface area contributed by atoms with Gasteiger partial charge in [0.05, 0.1) is 22.7 Å². The Labute approximate surface area is 189 Å². The van der Waals surface area contributed by atoms with Crippen LogP contribution in [-0.4, -0.2) is 26.4 Å². The standard InChI is InChI=1S/C25H19FN4OS/c1-16-12-17(2)30(29-16)24(31)15-32-25-22(14-27)21(18-6-4-3-5-7-18)13-23(28-25)19-8-10-20(26)11-9-19/h3-13H,15H2,1-2H3. The molecule has 0 aliphatic carbocycles. The van der Waals surface area contributed by atoms with E-state index in [9.17, 15) is 14.4 Å². The Hall–Kier alpha value is -3.76. The monoisotopic (exact) mass is 442 g/mol. The zero-order valence-corrected chi connectivity index (χ0v) is 18.4. The molecule has 0 radical (unpaired) electrons. The summed E-state index contributed by atoms with van der Waals surface area (Å²) in [6.07, 6.45) is 0. The summed E-state index contributed by atoms with van der Waals surface area (Å²) >= 11 is 1.20. The number of rotatable bonds is 5. The highest BCUT2D eigenvalue weighted by molar-refractivity contribution is 8.00. The maximum atomic E-state index is 13.4. The Morgan fingerprint density at radius 3 is 2.41 bits per heavy atom. The lowest BCUT2D eigenvalue weighted by atomic mass is 9.99. The van der Waals surface area contributed by atoms with Crippen molar-refractivity contribution >= 4 is 17.7 Å². The molecule has 0 fully saturated rings. The molecule has 2 heterocycles. The lowest BCUT2D eigenvalue weighted by molar-refractivity contribution is 0.0924. The van der Waals surface area contributed by atoms with E-state index in [1.54, 1.807) is 12.1 Å². The van der Waals surface area contributed by atoms with Crippen LogP contribution < -0.4 is 0 Å². The van der Waals surface area contributed by atoms with Crippen LogP contribution in [0.4, 0.5) is 4.39 Å². The molecule has 0 aliphatic rings. The molecule has 158 valence electrons. The average Bonchev–Trinajstić information content (AvgIpc) is 3.15. The van der Waals surface area contributed by atoms with E-state index in [-0.39, 0.29) is 17.5 Å². The van der Waals surface area contributed by atoms with Gasteiger partial charge in [0.25, 0.3) is 5.91 Å². The summed E-state index contributed by atoms with van der Waals surface area (Å²) in [7, 11) is 0. The van der Waals surface area contributed by atoms with Gasteiger partial charge in [-0.05, 0) is 55.8 Å². The highest BCUT2D eigenvalue weighted by Crippen LogP contribution is 2.34. The first-order valence-corrected chi connectivity index (χ1v) is 10.9. The number of carbonyl (C=O) groups excluding carboxylic acids is 1. The summed E-state index contributed by atoms with van der Waals surface area (Å²) in [5.41, 5.74) is 4.81. The third kappa shape index (κ3) is 4.46. The first-order chi connectivity index (χ1) is 15.5. The van der Waals surface area contributed by atoms with Crippen LogP contribution >= 0.6 is 11.8 Å². The first kappa shape index (κ1) is 21.5. The molecule has 5 nitrogen and oxygen atoms in total. The van der Waals surface area contributed by atoms with Gasteiger partial charge in [0, 0.05) is 16.8 Å². The Kier molecular flexibility index (Phi) is 6.15. The van der Waals surface area contributed by atoms with Gasteiger partial charge in [-0.25, -0.2) is 14.1 Å². The minimum Gasteiger partial charge on any atom is -0.272 e. The van der Waals surface area contributed by atoms with Crippen molar-refractivity contribution < 1.29 is 9.18 Å². The van der Waals surface area contributed by atoms with Crippen molar-refractivity contribution in [2.75, 3.05) is 5.75 Å². The van der Waals surface area contributed by atoms with E-state index in [0.717, 1.165) is 22.5 Å². The number of hydrogen-bond acceptors (Lipinski definition) is 5. The van der Waals surface area contributed by atoms with E-state index >= 15 is 0 Å². The molecule has 4 aromatic rings. The second kappa shape index (κ2) is 9.16. The number of aromatic nitrogens is 3. The number of hydrogen-bond donors (Lipinski definition) is 0. The molecular formula is C25H19FN4OS. The Morgan fingerprint density at radius 1 is 1.06 bits per heavy atom. The van der Waals surface area contributed by atoms with Gasteiger partial charge in [-0.1, -0.05) is 42.1 Å². The van der Waals surface area contributed by atoms with Crippen molar-refractivity contribution in [1.29, 1.82) is 5.26 Å². The quantitative estimate of drug-likeness (QED) is 0.372. The Bertz CT molecular complexity index is 1320. The third-order valence-electron chi connectivity index (χ3n) is 4.90. The van der Waals surface area contributed by atoms with E-state index in [4.69, 9.17) is 0 Å². The predicted octanol–water partition coefficient (Wildman–Crippen LogP) is 5.67. The molecule has 0 amide bonds. The molecule has 0 saturated heterocycles. The lowest BCUT2D eigenvalue weighted by Gasteiger charge is -2.12. The van der Waals surface area contributed by atoms with Gasteiger partial charge >= 0.3 is 0 Å². The predicted molar refractivity (Wildman–Crippen MR) is 123 cm³/mol. The summed E-state index contributed by atoms with van der Waals surface area (Å²) in [5.74, 6) is -0.458. The molecular weight excluding hydrogens is 423 g/mol. The first-order valence-electron chi connectivity index (χ1n) is 9.92. The van der Waals surface area contributed by atoms with Crippen LogP contribution in [0, 0.1) is 31.0 Å². The van der Waals surface area contributed by atoms with E-state index in [1.165, 1.54) is 28.6 Å². The number of nitrogens with zero attached hydrogens (tertiary/aromatic N) is 4. The summed E-state index contributed by atoms with van der Waals surface area (Å²) in [6.45, 7) is 3.65. The zero-order valence-electron chi connectivity index (χ0n) is 17.5. The molecule has 2 aromatic heterocycles. The molecule has 0 bridgehead atoms. The Balaban J connectivity index is 1.77. The largest absolute Gasteiger partial charge is 0.272 e. The van der Waals surface area contributed by atoms with Gasteiger partial charge in [0.2, 0.25) is 0 Å². The molecule has 0 N–H and O–H groups in total. The van der Waals surface area contributed by atoms with Gasteiger partial charge in [-0.15, -0.1) is 0 Å². The van der Waals surface area contributed by atoms with Crippen LogP contribution in [0.2, 0.25) is 0 Å². The number of halogens is 1. The van der Waals surface area contributed by atoms with Gasteiger partial charge in [0.1, 0.15) is 16.9 Å². The number of pyridine rings is 1. The Morgan fingerprint density at radius 2 is 1.78 bits per heavy atom. The smallest absolute Gasteiger partial charge is 0.257 e. The molecule has 0 spiro atoms. The molecule has 7 heteroatoms. The number of benzene rings is 2. The second-order valence-corrected chi connectivity index (χ2v) is 8.21. The van der Waals surface area contributed by atoms with Crippen LogP contribution in [0.15, 0.2) is 71.8 Å². The second-order valence-electron chi connectivity index (χ2n) is 7.24. The zero-order chi connectivity index (χ0) is 22.7. The van der Waals surface area contributed by atoms with E-state index < -0.39 is 0 Å². The number of thioether (sulfide) groups is 1. The van der Waals surface area contributed by atoms with Crippen LogP contribution in [-0.2, 0) is 0 Å². The summed E-state index contributed by atoms with van der Waals surface area (Å²) in [4.78, 5) is 17.4. The molecule has 0 aliphatic heterocycles. The minimum atomic E-state index is -0.337. The maximum Gasteiger partial charge on any atom is 0.257 e. The SMILES string of the molecule is Cc1cc(C)n(C(=O)CSc2nc(-c3ccc(F)cc3)cc(-c3ccccc3)c2C#N)n1. The van der Waals surface area contributed by atoms with E-state index in [0.29, 0.717) is 21.8 Å². The summed E-state index contributed by atoms with van der Waals surface area (Å²) in [6, 6.07) is 21.5.